The fourth-order valence-electron chi connectivity index (χ4n) is 2.25. The van der Waals surface area contributed by atoms with E-state index in [1.54, 1.807) is 6.07 Å². The molecule has 0 saturated carbocycles. The number of ether oxygens (including phenoxy) is 1. The van der Waals surface area contributed by atoms with Gasteiger partial charge in [0.25, 0.3) is 5.79 Å². The van der Waals surface area contributed by atoms with Crippen molar-refractivity contribution >= 4 is 5.97 Å². The van der Waals surface area contributed by atoms with Crippen molar-refractivity contribution in [3.63, 3.8) is 0 Å². The average Bonchev–Trinajstić information content (AvgIpc) is 2.57. The van der Waals surface area contributed by atoms with Crippen LogP contribution < -0.4 is 5.73 Å². The number of carbonyl (C=O) groups is 1. The molecule has 0 aliphatic carbocycles. The number of phenolic OH excluding ortho intramolecular Hbond substituents is 2. The Morgan fingerprint density at radius 3 is 2.23 bits per heavy atom. The van der Waals surface area contributed by atoms with Crippen molar-refractivity contribution in [3.8, 4) is 11.5 Å². The van der Waals surface area contributed by atoms with Gasteiger partial charge in [-0.1, -0.05) is 6.07 Å². The van der Waals surface area contributed by atoms with E-state index >= 15 is 0 Å². The highest BCUT2D eigenvalue weighted by molar-refractivity contribution is 5.75. The van der Waals surface area contributed by atoms with Gasteiger partial charge in [-0.05, 0) is 12.1 Å². The van der Waals surface area contributed by atoms with Crippen LogP contribution >= 0.6 is 0 Å². The van der Waals surface area contributed by atoms with E-state index in [2.05, 4.69) is 0 Å². The topological polar surface area (TPSA) is 214 Å². The molecule has 11 nitrogen and oxygen atoms in total. The van der Waals surface area contributed by atoms with Gasteiger partial charge in [0.05, 0.1) is 18.8 Å². The summed E-state index contributed by atoms with van der Waals surface area (Å²) in [6.07, 6.45) is -7.01. The highest BCUT2D eigenvalue weighted by Crippen LogP contribution is 2.29. The number of aromatic hydroxyl groups is 2. The molecule has 1 unspecified atom stereocenters. The maximum atomic E-state index is 10.8. The van der Waals surface area contributed by atoms with Gasteiger partial charge in [-0.15, -0.1) is 0 Å². The molecule has 1 aliphatic heterocycles. The number of nitrogens with two attached hydrogens (primary N) is 1. The molecule has 2 rings (SSSR count). The summed E-state index contributed by atoms with van der Waals surface area (Å²) < 4.78 is 4.75. The fourth-order valence-corrected chi connectivity index (χ4v) is 2.25. The lowest BCUT2D eigenvalue weighted by Crippen LogP contribution is -2.65. The SMILES string of the molecule is N[C@H]1[C@H]([C@H](O)[C@H](O)CO)OC(O)(C(=O)O)C[C@@H]1O.Oc1cccc(O)c1. The molecule has 6 atom stereocenters. The zero-order valence-corrected chi connectivity index (χ0v) is 13.6. The predicted octanol–water partition coefficient (Wildman–Crippen LogP) is -2.95. The van der Waals surface area contributed by atoms with E-state index in [0.717, 1.165) is 0 Å². The number of hydrogen-bond acceptors (Lipinski definition) is 10. The van der Waals surface area contributed by atoms with Gasteiger partial charge in [0.1, 0.15) is 29.8 Å². The lowest BCUT2D eigenvalue weighted by molar-refractivity contribution is -0.292. The number of carboxylic acid groups (broad SMARTS) is 1. The summed E-state index contributed by atoms with van der Waals surface area (Å²) in [5.41, 5.74) is 5.51. The molecule has 11 heteroatoms. The number of hydrogen-bond donors (Lipinski definition) is 9. The van der Waals surface area contributed by atoms with Crippen molar-refractivity contribution < 1.29 is 50.4 Å². The summed E-state index contributed by atoms with van der Waals surface area (Å²) in [6, 6.07) is 4.64. The van der Waals surface area contributed by atoms with Crippen molar-refractivity contribution in [2.45, 2.75) is 42.7 Å². The number of carboxylic acids is 1. The lowest BCUT2D eigenvalue weighted by atomic mass is 9.89. The van der Waals surface area contributed by atoms with Crippen molar-refractivity contribution in [2.75, 3.05) is 6.61 Å². The maximum Gasteiger partial charge on any atom is 0.364 e. The Labute approximate surface area is 148 Å². The van der Waals surface area contributed by atoms with Crippen molar-refractivity contribution in [1.82, 2.24) is 0 Å². The smallest absolute Gasteiger partial charge is 0.364 e. The third-order valence-corrected chi connectivity index (χ3v) is 3.72. The molecule has 0 amide bonds. The monoisotopic (exact) mass is 377 g/mol. The second-order valence-electron chi connectivity index (χ2n) is 5.78. The molecule has 1 aliphatic rings. The van der Waals surface area contributed by atoms with Crippen molar-refractivity contribution in [1.29, 1.82) is 0 Å². The Morgan fingerprint density at radius 1 is 1.31 bits per heavy atom. The Hall–Kier alpha value is -1.99. The molecule has 1 fully saturated rings. The molecule has 1 saturated heterocycles. The van der Waals surface area contributed by atoms with E-state index in [1.807, 2.05) is 0 Å². The van der Waals surface area contributed by atoms with Crippen LogP contribution in [0.15, 0.2) is 24.3 Å². The third-order valence-electron chi connectivity index (χ3n) is 3.72. The van der Waals surface area contributed by atoms with Crippen LogP contribution in [0.3, 0.4) is 0 Å². The number of rotatable bonds is 4. The fraction of sp³-hybridized carbons (Fsp3) is 0.533. The first kappa shape index (κ1) is 22.1. The summed E-state index contributed by atoms with van der Waals surface area (Å²) in [5, 5.41) is 72.8. The first-order valence-electron chi connectivity index (χ1n) is 7.54. The van der Waals surface area contributed by atoms with Crippen LogP contribution in [0.4, 0.5) is 0 Å². The second-order valence-corrected chi connectivity index (χ2v) is 5.78. The van der Waals surface area contributed by atoms with E-state index in [9.17, 15) is 25.2 Å². The van der Waals surface area contributed by atoms with Gasteiger partial charge >= 0.3 is 5.97 Å². The van der Waals surface area contributed by atoms with E-state index in [-0.39, 0.29) is 11.5 Å². The molecule has 26 heavy (non-hydrogen) atoms. The molecule has 0 radical (unpaired) electrons. The van der Waals surface area contributed by atoms with Gasteiger partial charge in [-0.25, -0.2) is 4.79 Å². The molecular weight excluding hydrogens is 354 g/mol. The van der Waals surface area contributed by atoms with Gasteiger partial charge in [-0.2, -0.15) is 0 Å². The predicted molar refractivity (Wildman–Crippen MR) is 84.9 cm³/mol. The highest BCUT2D eigenvalue weighted by Gasteiger charge is 2.52. The largest absolute Gasteiger partial charge is 0.508 e. The summed E-state index contributed by atoms with van der Waals surface area (Å²) in [4.78, 5) is 10.8. The van der Waals surface area contributed by atoms with Crippen LogP contribution in [-0.4, -0.2) is 89.7 Å². The molecule has 0 aromatic heterocycles. The summed E-state index contributed by atoms with van der Waals surface area (Å²) in [7, 11) is 0. The van der Waals surface area contributed by atoms with Crippen LogP contribution in [0.1, 0.15) is 6.42 Å². The first-order chi connectivity index (χ1) is 12.0. The van der Waals surface area contributed by atoms with Crippen LogP contribution in [0, 0.1) is 0 Å². The molecular formula is C15H23NO10. The van der Waals surface area contributed by atoms with Crippen LogP contribution in [0.25, 0.3) is 0 Å². The number of benzene rings is 1. The minimum Gasteiger partial charge on any atom is -0.508 e. The van der Waals surface area contributed by atoms with Crippen molar-refractivity contribution in [2.24, 2.45) is 5.73 Å². The maximum absolute atomic E-state index is 10.8. The highest BCUT2D eigenvalue weighted by atomic mass is 16.7. The molecule has 10 N–H and O–H groups in total. The van der Waals surface area contributed by atoms with Gasteiger partial charge in [0, 0.05) is 12.5 Å². The Morgan fingerprint density at radius 2 is 1.85 bits per heavy atom. The van der Waals surface area contributed by atoms with Crippen LogP contribution in [0.5, 0.6) is 11.5 Å². The van der Waals surface area contributed by atoms with Gasteiger partial charge < -0.3 is 51.3 Å². The Bertz CT molecular complexity index is 582. The minimum atomic E-state index is -2.70. The van der Waals surface area contributed by atoms with Crippen molar-refractivity contribution in [3.05, 3.63) is 24.3 Å². The summed E-state index contributed by atoms with van der Waals surface area (Å²) in [5.74, 6) is -4.27. The third kappa shape index (κ3) is 5.51. The minimum absolute atomic E-state index is 0.0880. The second kappa shape index (κ2) is 9.09. The first-order valence-corrected chi connectivity index (χ1v) is 7.54. The number of aliphatic hydroxyl groups is 5. The van der Waals surface area contributed by atoms with E-state index < -0.39 is 55.2 Å². The van der Waals surface area contributed by atoms with Crippen LogP contribution in [0.2, 0.25) is 0 Å². The summed E-state index contributed by atoms with van der Waals surface area (Å²) >= 11 is 0. The van der Waals surface area contributed by atoms with Gasteiger partial charge in [-0.3, -0.25) is 0 Å². The Balaban J connectivity index is 0.000000350. The summed E-state index contributed by atoms with van der Waals surface area (Å²) in [6.45, 7) is -0.810. The standard InChI is InChI=1S/C9H17NO8.C6H6O2/c10-5-3(12)1-9(17,8(15)16)18-7(5)6(14)4(13)2-11;7-5-2-1-3-6(8)4-5/h3-7,11-14,17H,1-2,10H2,(H,15,16);1-4,7-8H/t3-,4+,5+,6+,7+,9?;/m0./s1. The van der Waals surface area contributed by atoms with E-state index in [0.29, 0.717) is 0 Å². The average molecular weight is 377 g/mol. The number of phenols is 2. The molecule has 1 aromatic carbocycles. The zero-order valence-electron chi connectivity index (χ0n) is 13.6. The molecule has 0 bridgehead atoms. The molecule has 1 aromatic rings. The normalized spacial score (nSPS) is 30.6. The molecule has 148 valence electrons. The molecule has 0 spiro atoms. The Kier molecular flexibility index (Phi) is 7.71. The van der Waals surface area contributed by atoms with E-state index in [4.69, 9.17) is 30.9 Å². The lowest BCUT2D eigenvalue weighted by Gasteiger charge is -2.43. The zero-order chi connectivity index (χ0) is 20.1. The van der Waals surface area contributed by atoms with Gasteiger partial charge in [0.15, 0.2) is 0 Å². The van der Waals surface area contributed by atoms with E-state index in [1.165, 1.54) is 18.2 Å². The number of aliphatic carboxylic acids is 1. The van der Waals surface area contributed by atoms with Crippen LogP contribution in [-0.2, 0) is 9.53 Å². The van der Waals surface area contributed by atoms with Gasteiger partial charge in [0.2, 0.25) is 0 Å². The number of aliphatic hydroxyl groups excluding tert-OH is 4. The molecule has 1 heterocycles. The quantitative estimate of drug-likeness (QED) is 0.258.